The molecular formula is C15H19NO5. The summed E-state index contributed by atoms with van der Waals surface area (Å²) < 4.78 is 10.4. The van der Waals surface area contributed by atoms with Crippen molar-refractivity contribution in [2.45, 2.75) is 19.8 Å². The highest BCUT2D eigenvalue weighted by Crippen LogP contribution is 2.29. The Morgan fingerprint density at radius 3 is 2.67 bits per heavy atom. The first kappa shape index (κ1) is 15.3. The summed E-state index contributed by atoms with van der Waals surface area (Å²) in [6.45, 7) is 2.64. The van der Waals surface area contributed by atoms with Crippen molar-refractivity contribution >= 4 is 17.6 Å². The second-order valence-corrected chi connectivity index (χ2v) is 5.38. The average Bonchev–Trinajstić information content (AvgIpc) is 2.47. The summed E-state index contributed by atoms with van der Waals surface area (Å²) in [7, 11) is 0. The number of carbonyl (C=O) groups excluding carboxylic acids is 1. The first-order valence-electron chi connectivity index (χ1n) is 6.83. The van der Waals surface area contributed by atoms with Crippen LogP contribution in [0, 0.1) is 5.41 Å². The van der Waals surface area contributed by atoms with Crippen LogP contribution in [0.5, 0.6) is 5.75 Å². The van der Waals surface area contributed by atoms with E-state index in [1.807, 2.05) is 6.92 Å². The predicted molar refractivity (Wildman–Crippen MR) is 76.4 cm³/mol. The van der Waals surface area contributed by atoms with Gasteiger partial charge in [-0.05, 0) is 44.0 Å². The second kappa shape index (κ2) is 6.58. The topological polar surface area (TPSA) is 84.9 Å². The second-order valence-electron chi connectivity index (χ2n) is 5.38. The summed E-state index contributed by atoms with van der Waals surface area (Å²) in [4.78, 5) is 22.7. The van der Waals surface area contributed by atoms with Gasteiger partial charge in [-0.15, -0.1) is 0 Å². The number of benzene rings is 1. The van der Waals surface area contributed by atoms with E-state index in [2.05, 4.69) is 5.32 Å². The molecule has 0 aliphatic carbocycles. The smallest absolute Gasteiger partial charge is 0.341 e. The van der Waals surface area contributed by atoms with Crippen molar-refractivity contribution in [2.24, 2.45) is 5.41 Å². The lowest BCUT2D eigenvalue weighted by Crippen LogP contribution is -2.40. The average molecular weight is 293 g/mol. The van der Waals surface area contributed by atoms with Crippen LogP contribution >= 0.6 is 0 Å². The molecule has 1 saturated heterocycles. The number of anilines is 1. The molecule has 1 amide bonds. The minimum absolute atomic E-state index is 0.0681. The summed E-state index contributed by atoms with van der Waals surface area (Å²) in [5.41, 5.74) is 0.144. The Hall–Kier alpha value is -2.08. The van der Waals surface area contributed by atoms with Crippen molar-refractivity contribution in [3.63, 3.8) is 0 Å². The Bertz CT molecular complexity index is 505. The summed E-state index contributed by atoms with van der Waals surface area (Å²) in [5, 5.41) is 11.4. The van der Waals surface area contributed by atoms with Crippen LogP contribution in [0.15, 0.2) is 24.3 Å². The minimum atomic E-state index is -1.03. The molecule has 1 aliphatic heterocycles. The summed E-state index contributed by atoms with van der Waals surface area (Å²) in [6.07, 6.45) is 1.69. The first-order chi connectivity index (χ1) is 9.99. The van der Waals surface area contributed by atoms with Gasteiger partial charge in [0.15, 0.2) is 6.61 Å². The third-order valence-electron chi connectivity index (χ3n) is 3.46. The molecule has 1 aromatic carbocycles. The molecule has 1 aliphatic rings. The van der Waals surface area contributed by atoms with Crippen LogP contribution in [0.2, 0.25) is 0 Å². The molecule has 0 bridgehead atoms. The van der Waals surface area contributed by atoms with E-state index in [9.17, 15) is 9.59 Å². The van der Waals surface area contributed by atoms with Gasteiger partial charge in [-0.1, -0.05) is 0 Å². The Labute approximate surface area is 123 Å². The van der Waals surface area contributed by atoms with Crippen molar-refractivity contribution < 1.29 is 24.2 Å². The molecule has 1 aromatic rings. The van der Waals surface area contributed by atoms with E-state index >= 15 is 0 Å². The van der Waals surface area contributed by atoms with Crippen LogP contribution < -0.4 is 10.1 Å². The van der Waals surface area contributed by atoms with E-state index in [-0.39, 0.29) is 12.5 Å². The van der Waals surface area contributed by atoms with E-state index in [1.165, 1.54) is 0 Å². The normalized spacial score (nSPS) is 21.6. The highest BCUT2D eigenvalue weighted by molar-refractivity contribution is 5.95. The Kier molecular flexibility index (Phi) is 4.80. The molecule has 114 valence electrons. The van der Waals surface area contributed by atoms with Crippen molar-refractivity contribution in [1.82, 2.24) is 0 Å². The number of ether oxygens (including phenoxy) is 2. The lowest BCUT2D eigenvalue weighted by molar-refractivity contribution is -0.139. The number of carboxylic acids is 1. The van der Waals surface area contributed by atoms with Crippen LogP contribution in [0.4, 0.5) is 5.69 Å². The van der Waals surface area contributed by atoms with Crippen LogP contribution in [-0.2, 0) is 14.3 Å². The fourth-order valence-corrected chi connectivity index (χ4v) is 2.17. The lowest BCUT2D eigenvalue weighted by atomic mass is 9.84. The minimum Gasteiger partial charge on any atom is -0.482 e. The van der Waals surface area contributed by atoms with Crippen molar-refractivity contribution in [2.75, 3.05) is 25.1 Å². The molecule has 1 atom stereocenters. The molecule has 6 heteroatoms. The number of aliphatic carboxylic acids is 1. The third-order valence-corrected chi connectivity index (χ3v) is 3.46. The standard InChI is InChI=1S/C15H19NO5/c1-15(7-2-8-20-10-15)14(19)16-11-3-5-12(6-4-11)21-9-13(17)18/h3-6H,2,7-10H2,1H3,(H,16,19)(H,17,18). The molecular weight excluding hydrogens is 274 g/mol. The van der Waals surface area contributed by atoms with Crippen molar-refractivity contribution in [3.05, 3.63) is 24.3 Å². The van der Waals surface area contributed by atoms with Gasteiger partial charge < -0.3 is 19.9 Å². The quantitative estimate of drug-likeness (QED) is 0.866. The highest BCUT2D eigenvalue weighted by atomic mass is 16.5. The summed E-state index contributed by atoms with van der Waals surface area (Å²) in [6, 6.07) is 6.61. The summed E-state index contributed by atoms with van der Waals surface area (Å²) >= 11 is 0. The van der Waals surface area contributed by atoms with E-state index in [0.29, 0.717) is 24.7 Å². The zero-order chi connectivity index (χ0) is 15.3. The molecule has 0 aromatic heterocycles. The van der Waals surface area contributed by atoms with E-state index in [4.69, 9.17) is 14.6 Å². The maximum Gasteiger partial charge on any atom is 0.341 e. The fraction of sp³-hybridized carbons (Fsp3) is 0.467. The van der Waals surface area contributed by atoms with Crippen LogP contribution in [0.25, 0.3) is 0 Å². The number of carboxylic acid groups (broad SMARTS) is 1. The van der Waals surface area contributed by atoms with Gasteiger partial charge in [0, 0.05) is 12.3 Å². The predicted octanol–water partition coefficient (Wildman–Crippen LogP) is 1.91. The largest absolute Gasteiger partial charge is 0.482 e. The SMILES string of the molecule is CC1(C(=O)Nc2ccc(OCC(=O)O)cc2)CCCOC1. The monoisotopic (exact) mass is 293 g/mol. The number of rotatable bonds is 5. The Balaban J connectivity index is 1.93. The van der Waals surface area contributed by atoms with Crippen LogP contribution in [-0.4, -0.2) is 36.8 Å². The molecule has 21 heavy (non-hydrogen) atoms. The van der Waals surface area contributed by atoms with Crippen LogP contribution in [0.3, 0.4) is 0 Å². The van der Waals surface area contributed by atoms with Gasteiger partial charge in [0.25, 0.3) is 0 Å². The first-order valence-corrected chi connectivity index (χ1v) is 6.83. The zero-order valence-electron chi connectivity index (χ0n) is 11.9. The molecule has 1 heterocycles. The van der Waals surface area contributed by atoms with Crippen molar-refractivity contribution in [3.8, 4) is 5.75 Å². The maximum atomic E-state index is 12.3. The van der Waals surface area contributed by atoms with Gasteiger partial charge in [-0.2, -0.15) is 0 Å². The third kappa shape index (κ3) is 4.19. The molecule has 2 N–H and O–H groups in total. The lowest BCUT2D eigenvalue weighted by Gasteiger charge is -2.31. The van der Waals surface area contributed by atoms with Gasteiger partial charge in [0.2, 0.25) is 5.91 Å². The van der Waals surface area contributed by atoms with E-state index in [0.717, 1.165) is 12.8 Å². The maximum absolute atomic E-state index is 12.3. The molecule has 6 nitrogen and oxygen atoms in total. The Morgan fingerprint density at radius 1 is 1.38 bits per heavy atom. The molecule has 0 spiro atoms. The molecule has 1 fully saturated rings. The van der Waals surface area contributed by atoms with Gasteiger partial charge in [0.05, 0.1) is 12.0 Å². The van der Waals surface area contributed by atoms with E-state index in [1.54, 1.807) is 24.3 Å². The number of amides is 1. The number of carbonyl (C=O) groups is 2. The molecule has 2 rings (SSSR count). The number of hydrogen-bond donors (Lipinski definition) is 2. The fourth-order valence-electron chi connectivity index (χ4n) is 2.17. The van der Waals surface area contributed by atoms with Gasteiger partial charge >= 0.3 is 5.97 Å². The molecule has 0 saturated carbocycles. The van der Waals surface area contributed by atoms with Crippen molar-refractivity contribution in [1.29, 1.82) is 0 Å². The number of hydrogen-bond acceptors (Lipinski definition) is 4. The van der Waals surface area contributed by atoms with Crippen LogP contribution in [0.1, 0.15) is 19.8 Å². The van der Waals surface area contributed by atoms with E-state index < -0.39 is 11.4 Å². The summed E-state index contributed by atoms with van der Waals surface area (Å²) in [5.74, 6) is -0.651. The van der Waals surface area contributed by atoms with Gasteiger partial charge in [0.1, 0.15) is 5.75 Å². The molecule has 1 unspecified atom stereocenters. The Morgan fingerprint density at radius 2 is 2.10 bits per heavy atom. The van der Waals surface area contributed by atoms with Gasteiger partial charge in [-0.25, -0.2) is 4.79 Å². The molecule has 0 radical (unpaired) electrons. The zero-order valence-corrected chi connectivity index (χ0v) is 11.9. The number of nitrogens with one attached hydrogen (secondary N) is 1. The highest BCUT2D eigenvalue weighted by Gasteiger charge is 2.35. The van der Waals surface area contributed by atoms with Gasteiger partial charge in [-0.3, -0.25) is 4.79 Å².